The summed E-state index contributed by atoms with van der Waals surface area (Å²) < 4.78 is 9.22. The van der Waals surface area contributed by atoms with Gasteiger partial charge in [-0.15, -0.1) is 16.4 Å². The van der Waals surface area contributed by atoms with E-state index in [9.17, 15) is 9.59 Å². The number of fused-ring (bicyclic) bond motifs is 2. The van der Waals surface area contributed by atoms with Crippen LogP contribution in [-0.4, -0.2) is 37.9 Å². The number of ether oxygens (including phenoxy) is 1. The Labute approximate surface area is 333 Å². The number of carbonyl (C=O) groups is 1. The number of pyridine rings is 1. The van der Waals surface area contributed by atoms with E-state index in [0.717, 1.165) is 55.1 Å². The summed E-state index contributed by atoms with van der Waals surface area (Å²) in [6.45, 7) is 2.53. The number of carbonyl (C=O) groups excluding carboxylic acids is 1. The highest BCUT2D eigenvalue weighted by atomic mass is 32.1. The molecule has 0 spiro atoms. The van der Waals surface area contributed by atoms with Crippen molar-refractivity contribution in [3.63, 3.8) is 0 Å². The third kappa shape index (κ3) is 6.04. The van der Waals surface area contributed by atoms with Crippen molar-refractivity contribution >= 4 is 38.4 Å². The Bertz CT molecular complexity index is 2840. The minimum absolute atomic E-state index is 0.0805. The quantitative estimate of drug-likeness (QED) is 0.102. The number of aromatic nitrogens is 5. The van der Waals surface area contributed by atoms with E-state index in [1.165, 1.54) is 7.11 Å². The summed E-state index contributed by atoms with van der Waals surface area (Å²) >= 11 is 1.59. The first kappa shape index (κ1) is 35.7. The molecule has 57 heavy (non-hydrogen) atoms. The number of benzene rings is 6. The van der Waals surface area contributed by atoms with Crippen LogP contribution in [0.5, 0.6) is 0 Å². The minimum atomic E-state index is -0.896. The summed E-state index contributed by atoms with van der Waals surface area (Å²) in [5.41, 5.74) is 6.88. The van der Waals surface area contributed by atoms with E-state index in [-0.39, 0.29) is 5.43 Å². The normalized spacial score (nSPS) is 11.6. The zero-order chi connectivity index (χ0) is 38.9. The lowest BCUT2D eigenvalue weighted by atomic mass is 9.77. The lowest BCUT2D eigenvalue weighted by molar-refractivity contribution is 0.0602. The molecule has 9 aromatic rings. The second kappa shape index (κ2) is 14.9. The van der Waals surface area contributed by atoms with Crippen LogP contribution in [0.2, 0.25) is 0 Å². The first-order valence-electron chi connectivity index (χ1n) is 18.8. The molecule has 0 radical (unpaired) electrons. The first-order chi connectivity index (χ1) is 28.0. The fourth-order valence-electron chi connectivity index (χ4n) is 8.05. The predicted molar refractivity (Wildman–Crippen MR) is 227 cm³/mol. The van der Waals surface area contributed by atoms with Crippen molar-refractivity contribution in [2.45, 2.75) is 25.4 Å². The summed E-state index contributed by atoms with van der Waals surface area (Å²) in [5.74, 6) is 0.138. The van der Waals surface area contributed by atoms with Gasteiger partial charge in [-0.3, -0.25) is 4.79 Å². The molecule has 278 valence electrons. The van der Waals surface area contributed by atoms with Crippen molar-refractivity contribution in [1.29, 1.82) is 0 Å². The topological polar surface area (TPSA) is 91.9 Å². The van der Waals surface area contributed by atoms with Crippen LogP contribution in [-0.2, 0) is 23.2 Å². The van der Waals surface area contributed by atoms with E-state index in [4.69, 9.17) is 15.0 Å². The fourth-order valence-corrected chi connectivity index (χ4v) is 9.14. The number of aryl methyl sites for hydroxylation is 1. The average Bonchev–Trinajstić information content (AvgIpc) is 3.95. The number of hydrogen-bond acceptors (Lipinski definition) is 7. The Morgan fingerprint density at radius 2 is 1.30 bits per heavy atom. The number of nitrogens with zero attached hydrogens (tertiary/aromatic N) is 5. The maximum atomic E-state index is 13.8. The van der Waals surface area contributed by atoms with Gasteiger partial charge in [-0.05, 0) is 68.4 Å². The average molecular weight is 764 g/mol. The molecule has 0 aliphatic carbocycles. The molecule has 0 amide bonds. The van der Waals surface area contributed by atoms with Crippen LogP contribution < -0.4 is 5.43 Å². The number of tetrazole rings is 1. The van der Waals surface area contributed by atoms with Crippen LogP contribution in [0.25, 0.3) is 43.6 Å². The van der Waals surface area contributed by atoms with Crippen molar-refractivity contribution in [2.75, 3.05) is 7.11 Å². The standard InChI is InChI=1S/C48H37N5O3S/c1-3-37-30-42-44(54)40-24-15-25-41(47(55)56-2)43(40)52(46(42)57-37)31-32-26-28-33(29-27-32)38-22-13-14-23-39(38)45-49-50-51-53(45)48(34-16-7-4-8-17-34,35-18-9-5-10-19-35)36-20-11-6-12-21-36/h4-30H,3,31H2,1-2H3. The van der Waals surface area contributed by atoms with Crippen LogP contribution in [0.3, 0.4) is 0 Å². The summed E-state index contributed by atoms with van der Waals surface area (Å²) in [4.78, 5) is 28.8. The second-order valence-electron chi connectivity index (χ2n) is 13.9. The molecule has 0 saturated heterocycles. The maximum absolute atomic E-state index is 13.8. The van der Waals surface area contributed by atoms with Gasteiger partial charge in [0.1, 0.15) is 10.4 Å². The highest BCUT2D eigenvalue weighted by Crippen LogP contribution is 2.43. The Morgan fingerprint density at radius 3 is 1.89 bits per heavy atom. The zero-order valence-corrected chi connectivity index (χ0v) is 32.2. The molecular weight excluding hydrogens is 727 g/mol. The van der Waals surface area contributed by atoms with Crippen molar-refractivity contribution in [3.8, 4) is 22.5 Å². The number of hydrogen-bond donors (Lipinski definition) is 0. The van der Waals surface area contributed by atoms with E-state index in [1.54, 1.807) is 29.5 Å². The Balaban J connectivity index is 1.18. The van der Waals surface area contributed by atoms with Gasteiger partial charge in [0.15, 0.2) is 11.3 Å². The molecule has 9 heteroatoms. The van der Waals surface area contributed by atoms with Gasteiger partial charge < -0.3 is 9.30 Å². The van der Waals surface area contributed by atoms with Crippen molar-refractivity contribution in [2.24, 2.45) is 0 Å². The van der Waals surface area contributed by atoms with Gasteiger partial charge in [0.2, 0.25) is 0 Å². The minimum Gasteiger partial charge on any atom is -0.465 e. The second-order valence-corrected chi connectivity index (χ2v) is 15.0. The third-order valence-corrected chi connectivity index (χ3v) is 12.0. The van der Waals surface area contributed by atoms with Gasteiger partial charge in [-0.1, -0.05) is 153 Å². The summed E-state index contributed by atoms with van der Waals surface area (Å²) in [5, 5.41) is 15.0. The molecule has 8 nitrogen and oxygen atoms in total. The molecule has 0 N–H and O–H groups in total. The monoisotopic (exact) mass is 763 g/mol. The molecular formula is C48H37N5O3S. The molecule has 0 unspecified atom stereocenters. The number of methoxy groups -OCH3 is 1. The van der Waals surface area contributed by atoms with E-state index in [0.29, 0.717) is 34.2 Å². The highest BCUT2D eigenvalue weighted by molar-refractivity contribution is 7.18. The van der Waals surface area contributed by atoms with Gasteiger partial charge in [-0.25, -0.2) is 9.48 Å². The molecule has 6 aromatic carbocycles. The van der Waals surface area contributed by atoms with Crippen LogP contribution >= 0.6 is 11.3 Å². The first-order valence-corrected chi connectivity index (χ1v) is 19.6. The molecule has 9 rings (SSSR count). The van der Waals surface area contributed by atoms with E-state index >= 15 is 0 Å². The van der Waals surface area contributed by atoms with Crippen LogP contribution in [0.1, 0.15) is 44.4 Å². The van der Waals surface area contributed by atoms with Crippen molar-refractivity contribution < 1.29 is 9.53 Å². The largest absolute Gasteiger partial charge is 0.465 e. The molecule has 0 aliphatic rings. The highest BCUT2D eigenvalue weighted by Gasteiger charge is 2.42. The number of para-hydroxylation sites is 1. The molecule has 0 bridgehead atoms. The van der Waals surface area contributed by atoms with Gasteiger partial charge in [0, 0.05) is 22.4 Å². The Kier molecular flexibility index (Phi) is 9.36. The Hall–Kier alpha value is -6.97. The third-order valence-electron chi connectivity index (χ3n) is 10.7. The summed E-state index contributed by atoms with van der Waals surface area (Å²) in [6, 6.07) is 55.0. The molecule has 3 aromatic heterocycles. The summed E-state index contributed by atoms with van der Waals surface area (Å²) in [7, 11) is 1.36. The Morgan fingerprint density at radius 1 is 0.702 bits per heavy atom. The predicted octanol–water partition coefficient (Wildman–Crippen LogP) is 9.77. The van der Waals surface area contributed by atoms with Crippen LogP contribution in [0.4, 0.5) is 0 Å². The molecule has 0 aliphatic heterocycles. The van der Waals surface area contributed by atoms with E-state index < -0.39 is 11.5 Å². The SMILES string of the molecule is CCc1cc2c(=O)c3cccc(C(=O)OC)c3n(Cc3ccc(-c4ccccc4-c4nnnn4C(c4ccccc4)(c4ccccc4)c4ccccc4)cc3)c2s1. The fraction of sp³-hybridized carbons (Fsp3) is 0.104. The smallest absolute Gasteiger partial charge is 0.340 e. The molecule has 3 heterocycles. The maximum Gasteiger partial charge on any atom is 0.340 e. The lowest BCUT2D eigenvalue weighted by Crippen LogP contribution is -2.39. The van der Waals surface area contributed by atoms with Crippen molar-refractivity contribution in [1.82, 2.24) is 24.8 Å². The molecule has 0 saturated carbocycles. The molecule has 0 fully saturated rings. The number of thiophene rings is 1. The molecule has 0 atom stereocenters. The number of rotatable bonds is 10. The van der Waals surface area contributed by atoms with E-state index in [1.807, 2.05) is 77.5 Å². The van der Waals surface area contributed by atoms with Crippen molar-refractivity contribution in [3.05, 3.63) is 207 Å². The van der Waals surface area contributed by atoms with Crippen LogP contribution in [0.15, 0.2) is 169 Å². The van der Waals surface area contributed by atoms with Crippen LogP contribution in [0, 0.1) is 0 Å². The zero-order valence-electron chi connectivity index (χ0n) is 31.4. The number of esters is 1. The van der Waals surface area contributed by atoms with Gasteiger partial charge in [0.05, 0.1) is 23.6 Å². The van der Waals surface area contributed by atoms with Gasteiger partial charge >= 0.3 is 5.97 Å². The van der Waals surface area contributed by atoms with E-state index in [2.05, 4.69) is 89.5 Å². The lowest BCUT2D eigenvalue weighted by Gasteiger charge is -2.36. The van der Waals surface area contributed by atoms with Gasteiger partial charge in [-0.2, -0.15) is 0 Å². The summed E-state index contributed by atoms with van der Waals surface area (Å²) in [6.07, 6.45) is 0.805. The van der Waals surface area contributed by atoms with Gasteiger partial charge in [0.25, 0.3) is 0 Å².